The van der Waals surface area contributed by atoms with Gasteiger partial charge in [-0.1, -0.05) is 0 Å². The number of aryl methyl sites for hydroxylation is 2. The zero-order chi connectivity index (χ0) is 15.3. The molecule has 1 aromatic rings. The van der Waals surface area contributed by atoms with Gasteiger partial charge in [-0.2, -0.15) is 5.10 Å². The molecule has 0 aliphatic carbocycles. The maximum atomic E-state index is 14.6. The first-order valence-electron chi connectivity index (χ1n) is 6.11. The van der Waals surface area contributed by atoms with E-state index < -0.39 is 20.9 Å². The highest BCUT2D eigenvalue weighted by atomic mass is 32.2. The SMILES string of the molecule is Cc1nn(C)c(C)c1C(F)S(=O)(=O)C1=CC(C)(C)ON1. The van der Waals surface area contributed by atoms with Crippen molar-refractivity contribution in [2.24, 2.45) is 7.05 Å². The Balaban J connectivity index is 2.45. The molecule has 1 aliphatic rings. The maximum Gasteiger partial charge on any atom is 0.235 e. The highest BCUT2D eigenvalue weighted by Gasteiger charge is 2.39. The number of sulfone groups is 1. The summed E-state index contributed by atoms with van der Waals surface area (Å²) in [6, 6.07) is 0. The van der Waals surface area contributed by atoms with E-state index in [2.05, 4.69) is 10.6 Å². The number of nitrogens with one attached hydrogen (secondary N) is 1. The van der Waals surface area contributed by atoms with Crippen LogP contribution in [-0.2, 0) is 21.7 Å². The first kappa shape index (κ1) is 15.0. The van der Waals surface area contributed by atoms with Crippen LogP contribution in [0.4, 0.5) is 4.39 Å². The Morgan fingerprint density at radius 3 is 2.45 bits per heavy atom. The van der Waals surface area contributed by atoms with Crippen molar-refractivity contribution in [1.82, 2.24) is 15.3 Å². The van der Waals surface area contributed by atoms with Gasteiger partial charge < -0.3 is 0 Å². The third kappa shape index (κ3) is 2.33. The van der Waals surface area contributed by atoms with Crippen molar-refractivity contribution in [3.8, 4) is 0 Å². The van der Waals surface area contributed by atoms with E-state index in [1.54, 1.807) is 34.7 Å². The zero-order valence-electron chi connectivity index (χ0n) is 12.1. The van der Waals surface area contributed by atoms with Crippen LogP contribution in [0.15, 0.2) is 11.1 Å². The zero-order valence-corrected chi connectivity index (χ0v) is 12.9. The van der Waals surface area contributed by atoms with E-state index in [0.29, 0.717) is 11.4 Å². The van der Waals surface area contributed by atoms with Gasteiger partial charge in [0.25, 0.3) is 0 Å². The summed E-state index contributed by atoms with van der Waals surface area (Å²) >= 11 is 0. The average Bonchev–Trinajstić information content (AvgIpc) is 2.80. The van der Waals surface area contributed by atoms with Crippen molar-refractivity contribution in [2.45, 2.75) is 38.8 Å². The predicted octanol–water partition coefficient (Wildman–Crippen LogP) is 1.57. The summed E-state index contributed by atoms with van der Waals surface area (Å²) in [5.74, 6) is 0. The fourth-order valence-electron chi connectivity index (χ4n) is 2.08. The van der Waals surface area contributed by atoms with Crippen molar-refractivity contribution in [3.05, 3.63) is 28.1 Å². The van der Waals surface area contributed by atoms with E-state index >= 15 is 0 Å². The molecule has 0 amide bonds. The van der Waals surface area contributed by atoms with Gasteiger partial charge in [0.05, 0.1) is 5.69 Å². The molecule has 2 rings (SSSR count). The van der Waals surface area contributed by atoms with Crippen LogP contribution in [0.1, 0.15) is 36.3 Å². The molecule has 0 radical (unpaired) electrons. The molecule has 8 heteroatoms. The Kier molecular flexibility index (Phi) is 3.42. The molecule has 6 nitrogen and oxygen atoms in total. The number of nitrogens with zero attached hydrogens (tertiary/aromatic N) is 2. The molecule has 0 saturated carbocycles. The molecule has 0 bridgehead atoms. The van der Waals surface area contributed by atoms with Gasteiger partial charge in [-0.15, -0.1) is 0 Å². The Bertz CT molecular complexity index is 676. The highest BCUT2D eigenvalue weighted by molar-refractivity contribution is 7.95. The standard InChI is InChI=1S/C12H18FN3O3S/c1-7-10(8(2)16(5)14-7)11(13)20(17,18)9-6-12(3,4)19-15-9/h6,11,15H,1-5H3. The highest BCUT2D eigenvalue weighted by Crippen LogP contribution is 2.35. The molecular weight excluding hydrogens is 285 g/mol. The van der Waals surface area contributed by atoms with Crippen LogP contribution in [0, 0.1) is 13.8 Å². The van der Waals surface area contributed by atoms with Gasteiger partial charge in [0.2, 0.25) is 15.3 Å². The molecule has 0 aromatic carbocycles. The van der Waals surface area contributed by atoms with Crippen LogP contribution in [0.5, 0.6) is 0 Å². The number of hydrogen-bond acceptors (Lipinski definition) is 5. The van der Waals surface area contributed by atoms with Crippen LogP contribution >= 0.6 is 0 Å². The molecule has 1 N–H and O–H groups in total. The minimum atomic E-state index is -4.19. The number of hydroxylamine groups is 1. The minimum absolute atomic E-state index is 0.0832. The molecule has 0 fully saturated rings. The Morgan fingerprint density at radius 2 is 2.05 bits per heavy atom. The van der Waals surface area contributed by atoms with Gasteiger partial charge in [-0.25, -0.2) is 12.8 Å². The van der Waals surface area contributed by atoms with E-state index in [9.17, 15) is 12.8 Å². The van der Waals surface area contributed by atoms with Crippen molar-refractivity contribution >= 4 is 9.84 Å². The van der Waals surface area contributed by atoms with Gasteiger partial charge in [-0.3, -0.25) is 15.0 Å². The third-order valence-corrected chi connectivity index (χ3v) is 4.86. The number of rotatable bonds is 3. The monoisotopic (exact) mass is 303 g/mol. The second-order valence-electron chi connectivity index (χ2n) is 5.39. The molecular formula is C12H18FN3O3S. The Labute approximate surface area is 117 Å². The van der Waals surface area contributed by atoms with Crippen molar-refractivity contribution in [2.75, 3.05) is 0 Å². The molecule has 20 heavy (non-hydrogen) atoms. The second-order valence-corrected chi connectivity index (χ2v) is 7.33. The number of hydrogen-bond donors (Lipinski definition) is 1. The molecule has 112 valence electrons. The van der Waals surface area contributed by atoms with Crippen LogP contribution in [-0.4, -0.2) is 23.8 Å². The summed E-state index contributed by atoms with van der Waals surface area (Å²) in [6.45, 7) is 6.57. The summed E-state index contributed by atoms with van der Waals surface area (Å²) < 4.78 is 40.7. The van der Waals surface area contributed by atoms with E-state index in [4.69, 9.17) is 4.84 Å². The van der Waals surface area contributed by atoms with E-state index in [-0.39, 0.29) is 10.6 Å². The lowest BCUT2D eigenvalue weighted by Crippen LogP contribution is -2.23. The van der Waals surface area contributed by atoms with E-state index in [1.165, 1.54) is 10.8 Å². The van der Waals surface area contributed by atoms with Gasteiger partial charge in [0.1, 0.15) is 5.60 Å². The first-order valence-corrected chi connectivity index (χ1v) is 7.66. The predicted molar refractivity (Wildman–Crippen MR) is 71.8 cm³/mol. The van der Waals surface area contributed by atoms with Crippen molar-refractivity contribution in [3.63, 3.8) is 0 Å². The summed E-state index contributed by atoms with van der Waals surface area (Å²) in [7, 11) is -2.55. The van der Waals surface area contributed by atoms with E-state index in [1.807, 2.05) is 0 Å². The maximum absolute atomic E-state index is 14.6. The molecule has 1 unspecified atom stereocenters. The van der Waals surface area contributed by atoms with Crippen LogP contribution < -0.4 is 5.48 Å². The summed E-state index contributed by atoms with van der Waals surface area (Å²) in [5, 5.41) is 3.79. The lowest BCUT2D eigenvalue weighted by atomic mass is 10.1. The van der Waals surface area contributed by atoms with Gasteiger partial charge in [0, 0.05) is 18.3 Å². The quantitative estimate of drug-likeness (QED) is 0.917. The molecule has 1 atom stereocenters. The Hall–Kier alpha value is -1.41. The number of halogens is 1. The van der Waals surface area contributed by atoms with Gasteiger partial charge in [0.15, 0.2) is 5.03 Å². The van der Waals surface area contributed by atoms with Crippen LogP contribution in [0.3, 0.4) is 0 Å². The average molecular weight is 303 g/mol. The summed E-state index contributed by atoms with van der Waals surface area (Å²) in [6.07, 6.45) is 1.36. The fraction of sp³-hybridized carbons (Fsp3) is 0.583. The Morgan fingerprint density at radius 1 is 1.45 bits per heavy atom. The second kappa shape index (κ2) is 4.56. The smallest absolute Gasteiger partial charge is 0.235 e. The summed E-state index contributed by atoms with van der Waals surface area (Å²) in [5.41, 5.74) is 0.253. The fourth-order valence-corrected chi connectivity index (χ4v) is 3.56. The van der Waals surface area contributed by atoms with Crippen LogP contribution in [0.2, 0.25) is 0 Å². The minimum Gasteiger partial charge on any atom is -0.272 e. The molecule has 2 heterocycles. The molecule has 1 aliphatic heterocycles. The van der Waals surface area contributed by atoms with Crippen molar-refractivity contribution < 1.29 is 17.6 Å². The number of alkyl halides is 1. The molecule has 0 spiro atoms. The van der Waals surface area contributed by atoms with Crippen LogP contribution in [0.25, 0.3) is 0 Å². The third-order valence-electron chi connectivity index (χ3n) is 3.26. The van der Waals surface area contributed by atoms with Gasteiger partial charge >= 0.3 is 0 Å². The largest absolute Gasteiger partial charge is 0.272 e. The molecule has 0 saturated heterocycles. The normalized spacial score (nSPS) is 19.6. The number of aromatic nitrogens is 2. The van der Waals surface area contributed by atoms with Crippen molar-refractivity contribution in [1.29, 1.82) is 0 Å². The summed E-state index contributed by atoms with van der Waals surface area (Å²) in [4.78, 5) is 5.08. The van der Waals surface area contributed by atoms with Gasteiger partial charge in [-0.05, 0) is 33.8 Å². The first-order chi connectivity index (χ1) is 9.06. The topological polar surface area (TPSA) is 73.2 Å². The molecule has 1 aromatic heterocycles. The lowest BCUT2D eigenvalue weighted by Gasteiger charge is -2.12. The van der Waals surface area contributed by atoms with E-state index in [0.717, 1.165) is 0 Å². The lowest BCUT2D eigenvalue weighted by molar-refractivity contribution is -0.0130.